The Balaban J connectivity index is 0.000000137. The molecule has 2 atom stereocenters. The molecule has 0 spiro atoms. The van der Waals surface area contributed by atoms with E-state index in [1.54, 1.807) is 55.8 Å². The smallest absolute Gasteiger partial charge is 0.412 e. The molecule has 0 radical (unpaired) electrons. The molecule has 4 aromatic heterocycles. The van der Waals surface area contributed by atoms with Crippen LogP contribution in [0.2, 0.25) is 0 Å². The summed E-state index contributed by atoms with van der Waals surface area (Å²) < 4.78 is 53.5. The van der Waals surface area contributed by atoms with Crippen LogP contribution in [0.5, 0.6) is 0 Å². The highest BCUT2D eigenvalue weighted by molar-refractivity contribution is 5.94. The number of rotatable bonds is 28. The fourth-order valence-corrected chi connectivity index (χ4v) is 16.6. The maximum Gasteiger partial charge on any atom is 0.412 e. The van der Waals surface area contributed by atoms with Gasteiger partial charge in [0.15, 0.2) is 23.0 Å². The Labute approximate surface area is 778 Å². The number of aryl methyl sites for hydroxylation is 4. The number of nitrogens with zero attached hydrogens (tertiary/aromatic N) is 4. The van der Waals surface area contributed by atoms with E-state index in [0.717, 1.165) is 152 Å². The Morgan fingerprint density at radius 1 is 0.336 bits per heavy atom. The number of aliphatic hydroxyl groups is 2. The summed E-state index contributed by atoms with van der Waals surface area (Å²) in [5, 5.41) is 47.2. The number of nitrogens with one attached hydrogen (secondary N) is 4. The lowest BCUT2D eigenvalue weighted by atomic mass is 9.92. The number of aliphatic hydroxyl groups excluding tert-OH is 2. The maximum atomic E-state index is 12.6. The van der Waals surface area contributed by atoms with Gasteiger partial charge >= 0.3 is 24.4 Å². The van der Waals surface area contributed by atoms with E-state index in [0.29, 0.717) is 81.8 Å². The first kappa shape index (κ1) is 93.0. The average molecular weight is 1800 g/mol. The molecular formula is C110H108N8O16. The monoisotopic (exact) mass is 1800 g/mol. The van der Waals surface area contributed by atoms with Gasteiger partial charge in [-0.15, -0.1) is 0 Å². The van der Waals surface area contributed by atoms with Gasteiger partial charge in [0.2, 0.25) is 0 Å². The summed E-state index contributed by atoms with van der Waals surface area (Å²) in [6.07, 6.45) is 5.03. The Kier molecular flexibility index (Phi) is 28.0. The third kappa shape index (κ3) is 20.5. The molecule has 4 amide bonds. The first-order chi connectivity index (χ1) is 64.7. The minimum Gasteiger partial charge on any atom is -0.512 e. The van der Waals surface area contributed by atoms with Crippen LogP contribution < -0.4 is 21.3 Å². The molecule has 4 heterocycles. The zero-order valence-corrected chi connectivity index (χ0v) is 76.7. The zero-order chi connectivity index (χ0) is 94.6. The fourth-order valence-electron chi connectivity index (χ4n) is 16.6. The Bertz CT molecular complexity index is 6150. The van der Waals surface area contributed by atoms with Crippen LogP contribution in [0.1, 0.15) is 148 Å². The third-order valence-electron chi connectivity index (χ3n) is 25.4. The van der Waals surface area contributed by atoms with Gasteiger partial charge < -0.3 is 56.7 Å². The SMILES string of the molecule is C=C(O)C1(c2ccc(-c3ccc(-c4noc(C)c4NC(=O)O[C@H](C)c4ccccc4)cc3)cc2)CC1.C=C(O)C1(c2ccc(-c3ccc(-c4onc(C)c4NC(=O)O[C@H](C)c4ccccc4)cc3)cc2)CC1.C=C(OC)C1(c2ccc(-c3ccc(-c4noc(C)c4NC(=O)OCC)cc3)cc2)CC1.C=C(OC)C1(c2ccc(-c3ccc(-c4onc(C)c4NC(=O)OCC)cc3)cc2)CC1. The number of carbonyl (C=O) groups is 4. The first-order valence-electron chi connectivity index (χ1n) is 44.6. The number of ether oxygens (including phenoxy) is 6. The van der Waals surface area contributed by atoms with E-state index in [-0.39, 0.29) is 33.2 Å². The van der Waals surface area contributed by atoms with Crippen molar-refractivity contribution in [3.8, 4) is 89.7 Å². The molecule has 6 N–H and O–H groups in total. The second kappa shape index (κ2) is 40.3. The number of amides is 4. The summed E-state index contributed by atoms with van der Waals surface area (Å²) in [5.74, 6) is 4.13. The summed E-state index contributed by atoms with van der Waals surface area (Å²) in [6.45, 7) is 30.4. The molecule has 4 fully saturated rings. The number of allylic oxidation sites excluding steroid dienone is 4. The molecule has 24 nitrogen and oxygen atoms in total. The summed E-state index contributed by atoms with van der Waals surface area (Å²) in [7, 11) is 3.37. The molecule has 0 aliphatic heterocycles. The maximum absolute atomic E-state index is 12.6. The van der Waals surface area contributed by atoms with E-state index in [2.05, 4.69) is 165 Å². The van der Waals surface area contributed by atoms with Crippen molar-refractivity contribution in [2.45, 2.75) is 141 Å². The molecule has 24 heteroatoms. The van der Waals surface area contributed by atoms with Crippen LogP contribution in [0.15, 0.2) is 322 Å². The van der Waals surface area contributed by atoms with Crippen molar-refractivity contribution < 1.29 is 75.9 Å². The lowest BCUT2D eigenvalue weighted by molar-refractivity contribution is 0.120. The average Bonchev–Trinajstić information content (AvgIpc) is 1.61. The number of aromatic nitrogens is 4. The molecule has 0 bridgehead atoms. The molecule has 0 unspecified atom stereocenters. The van der Waals surface area contributed by atoms with Gasteiger partial charge in [0.25, 0.3) is 0 Å². The lowest BCUT2D eigenvalue weighted by Crippen LogP contribution is -2.16. The normalized spacial score (nSPS) is 14.3. The molecule has 4 aliphatic carbocycles. The second-order valence-corrected chi connectivity index (χ2v) is 33.8. The Morgan fingerprint density at radius 2 is 0.582 bits per heavy atom. The van der Waals surface area contributed by atoms with Gasteiger partial charge in [-0.3, -0.25) is 21.3 Å². The van der Waals surface area contributed by atoms with Crippen LogP contribution in [-0.2, 0) is 50.1 Å². The van der Waals surface area contributed by atoms with Crippen molar-refractivity contribution in [3.63, 3.8) is 0 Å². The van der Waals surface area contributed by atoms with Crippen LogP contribution in [0, 0.1) is 27.7 Å². The lowest BCUT2D eigenvalue weighted by Gasteiger charge is -2.18. The molecule has 14 aromatic rings. The van der Waals surface area contributed by atoms with E-state index in [1.807, 2.05) is 172 Å². The molecule has 684 valence electrons. The van der Waals surface area contributed by atoms with Gasteiger partial charge in [0.1, 0.15) is 57.7 Å². The van der Waals surface area contributed by atoms with Crippen molar-refractivity contribution in [2.24, 2.45) is 0 Å². The molecule has 4 aliphatic rings. The van der Waals surface area contributed by atoms with E-state index in [9.17, 15) is 29.4 Å². The molecule has 0 saturated heterocycles. The first-order valence-corrected chi connectivity index (χ1v) is 44.6. The molecule has 18 rings (SSSR count). The highest BCUT2D eigenvalue weighted by Crippen LogP contribution is 2.57. The van der Waals surface area contributed by atoms with Gasteiger partial charge in [0.05, 0.1) is 72.1 Å². The van der Waals surface area contributed by atoms with E-state index < -0.39 is 36.6 Å². The highest BCUT2D eigenvalue weighted by atomic mass is 16.6. The van der Waals surface area contributed by atoms with Gasteiger partial charge in [-0.2, -0.15) is 0 Å². The van der Waals surface area contributed by atoms with Gasteiger partial charge in [0, 0.05) is 22.3 Å². The predicted octanol–water partition coefficient (Wildman–Crippen LogP) is 27.6. The van der Waals surface area contributed by atoms with Gasteiger partial charge in [-0.25, -0.2) is 19.2 Å². The summed E-state index contributed by atoms with van der Waals surface area (Å²) >= 11 is 0. The molecular weight excluding hydrogens is 1690 g/mol. The number of benzene rings is 10. The molecule has 10 aromatic carbocycles. The minimum atomic E-state index is -0.574. The summed E-state index contributed by atoms with van der Waals surface area (Å²) in [5.41, 5.74) is 22.1. The Hall–Kier alpha value is -15.7. The van der Waals surface area contributed by atoms with Crippen LogP contribution in [0.25, 0.3) is 89.7 Å². The standard InChI is InChI=1S/2C30H28N2O4.2C25H26N2O4/c1-19-27(31-29(34)35-20(2)22-7-5-4-6-8-22)28(36-32-19)25-11-9-23(10-12-25)24-13-15-26(16-14-24)30(17-18-30)21(3)33;1-19(22-7-5-4-6-8-22)35-29(34)31-27-20(2)36-32-28(27)25-11-9-23(10-12-25)24-13-15-26(16-14-24)30(17-18-30)21(3)33;1-5-30-24(28)26-22-16(2)31-27-23(22)20-8-6-18(7-9-20)19-10-12-21(13-11-19)25(14-15-25)17(3)29-4;1-5-30-24(28)26-22-16(2)27-31-23(22)20-8-6-18(7-9-20)19-10-12-21(13-11-19)25(14-15-25)17(3)29-4/h4-16,20,33H,3,17-18H2,1-2H3,(H,31,34);4-16,19,33H,3,17-18H2,1-2H3,(H,31,34);2*6-13H,3,5,14-15H2,1-2,4H3,(H,26,28)/t20-;19-;;/m11../s1. The van der Waals surface area contributed by atoms with Crippen molar-refractivity contribution >= 4 is 47.1 Å². The van der Waals surface area contributed by atoms with Crippen molar-refractivity contribution in [1.29, 1.82) is 0 Å². The topological polar surface area (TPSA) is 316 Å². The van der Waals surface area contributed by atoms with Crippen LogP contribution in [0.3, 0.4) is 0 Å². The molecule has 4 saturated carbocycles. The highest BCUT2D eigenvalue weighted by Gasteiger charge is 2.50. The van der Waals surface area contributed by atoms with Gasteiger partial charge in [-0.1, -0.05) is 302 Å². The predicted molar refractivity (Wildman–Crippen MR) is 519 cm³/mol. The fraction of sp³-hybridized carbons (Fsp3) is 0.236. The van der Waals surface area contributed by atoms with Crippen LogP contribution in [0.4, 0.5) is 41.9 Å². The number of methoxy groups -OCH3 is 2. The summed E-state index contributed by atoms with van der Waals surface area (Å²) in [6, 6.07) is 84.4. The Morgan fingerprint density at radius 3 is 0.851 bits per heavy atom. The largest absolute Gasteiger partial charge is 0.512 e. The van der Waals surface area contributed by atoms with E-state index in [1.165, 1.54) is 11.1 Å². The van der Waals surface area contributed by atoms with Crippen molar-refractivity contribution in [1.82, 2.24) is 20.6 Å². The van der Waals surface area contributed by atoms with E-state index >= 15 is 0 Å². The van der Waals surface area contributed by atoms with Crippen molar-refractivity contribution in [2.75, 3.05) is 48.7 Å². The quantitative estimate of drug-likeness (QED) is 0.0196. The van der Waals surface area contributed by atoms with Crippen LogP contribution >= 0.6 is 0 Å². The third-order valence-corrected chi connectivity index (χ3v) is 25.4. The molecule has 134 heavy (non-hydrogen) atoms. The zero-order valence-electron chi connectivity index (χ0n) is 76.7. The number of hydrogen-bond acceptors (Lipinski definition) is 20. The van der Waals surface area contributed by atoms with Crippen LogP contribution in [-0.4, -0.2) is 82.6 Å². The van der Waals surface area contributed by atoms with Crippen molar-refractivity contribution in [3.05, 3.63) is 360 Å². The summed E-state index contributed by atoms with van der Waals surface area (Å²) in [4.78, 5) is 48.8. The minimum absolute atomic E-state index is 0.0235. The van der Waals surface area contributed by atoms with E-state index in [4.69, 9.17) is 46.5 Å². The second-order valence-electron chi connectivity index (χ2n) is 33.8. The number of carbonyl (C=O) groups excluding carboxylic acids is 4. The number of anilines is 4. The number of hydrogen-bond donors (Lipinski definition) is 6. The van der Waals surface area contributed by atoms with Gasteiger partial charge in [-0.05, 0) is 185 Å².